The minimum absolute atomic E-state index is 0.156. The van der Waals surface area contributed by atoms with E-state index in [0.717, 1.165) is 10.9 Å². The Balaban J connectivity index is 1.82. The second-order valence-electron chi connectivity index (χ2n) is 5.79. The van der Waals surface area contributed by atoms with Gasteiger partial charge in [0.1, 0.15) is 6.07 Å². The molecule has 4 nitrogen and oxygen atoms in total. The normalized spacial score (nSPS) is 32.7. The van der Waals surface area contributed by atoms with Gasteiger partial charge in [0.25, 0.3) is 0 Å². The van der Waals surface area contributed by atoms with Gasteiger partial charge in [0, 0.05) is 4.47 Å². The van der Waals surface area contributed by atoms with Crippen molar-refractivity contribution in [1.82, 2.24) is 0 Å². The zero-order valence-electron chi connectivity index (χ0n) is 11.0. The molecule has 0 radical (unpaired) electrons. The van der Waals surface area contributed by atoms with E-state index >= 15 is 0 Å². The summed E-state index contributed by atoms with van der Waals surface area (Å²) in [7, 11) is 0. The zero-order chi connectivity index (χ0) is 14.7. The number of fused-ring (bicyclic) bond motifs is 5. The van der Waals surface area contributed by atoms with Gasteiger partial charge in [-0.3, -0.25) is 9.59 Å². The van der Waals surface area contributed by atoms with Crippen LogP contribution in [0.5, 0.6) is 0 Å². The molecule has 4 unspecified atom stereocenters. The molecule has 104 valence electrons. The molecule has 1 saturated heterocycles. The van der Waals surface area contributed by atoms with Crippen LogP contribution in [0.25, 0.3) is 0 Å². The van der Waals surface area contributed by atoms with Gasteiger partial charge < -0.3 is 0 Å². The molecule has 0 aromatic heterocycles. The van der Waals surface area contributed by atoms with Crippen molar-refractivity contribution in [3.8, 4) is 6.07 Å². The third kappa shape index (κ3) is 1.60. The van der Waals surface area contributed by atoms with E-state index in [-0.39, 0.29) is 35.5 Å². The summed E-state index contributed by atoms with van der Waals surface area (Å²) >= 11 is 3.34. The number of allylic oxidation sites excluding steroid dienone is 2. The average Bonchev–Trinajstić information content (AvgIpc) is 3.13. The van der Waals surface area contributed by atoms with Crippen molar-refractivity contribution in [2.24, 2.45) is 23.7 Å². The van der Waals surface area contributed by atoms with Gasteiger partial charge in [0.05, 0.1) is 23.1 Å². The van der Waals surface area contributed by atoms with Gasteiger partial charge in [0.2, 0.25) is 11.8 Å². The molecule has 1 saturated carbocycles. The number of nitriles is 1. The third-order valence-electron chi connectivity index (χ3n) is 4.79. The minimum atomic E-state index is -0.238. The third-order valence-corrected chi connectivity index (χ3v) is 5.28. The average molecular weight is 343 g/mol. The lowest BCUT2D eigenvalue weighted by molar-refractivity contribution is -0.123. The Morgan fingerprint density at radius 2 is 1.76 bits per heavy atom. The fourth-order valence-electron chi connectivity index (χ4n) is 3.92. The Bertz CT molecular complexity index is 719. The SMILES string of the molecule is N#Cc1ccc(Br)cc1N1C(=O)C2C3C=CC(C3)C2C1=O. The van der Waals surface area contributed by atoms with E-state index < -0.39 is 0 Å². The number of carbonyl (C=O) groups is 2. The molecule has 0 N–H and O–H groups in total. The number of carbonyl (C=O) groups excluding carboxylic acids is 2. The fraction of sp³-hybridized carbons (Fsp3) is 0.312. The van der Waals surface area contributed by atoms with E-state index in [4.69, 9.17) is 0 Å². The van der Waals surface area contributed by atoms with Crippen molar-refractivity contribution >= 4 is 33.4 Å². The van der Waals surface area contributed by atoms with E-state index in [1.807, 2.05) is 0 Å². The topological polar surface area (TPSA) is 61.2 Å². The number of amides is 2. The van der Waals surface area contributed by atoms with Crippen molar-refractivity contribution in [3.05, 3.63) is 40.4 Å². The Morgan fingerprint density at radius 3 is 2.33 bits per heavy atom. The minimum Gasteiger partial charge on any atom is -0.274 e. The number of anilines is 1. The van der Waals surface area contributed by atoms with E-state index in [0.29, 0.717) is 11.3 Å². The Kier molecular flexibility index (Phi) is 2.61. The van der Waals surface area contributed by atoms with Crippen LogP contribution in [0.2, 0.25) is 0 Å². The summed E-state index contributed by atoms with van der Waals surface area (Å²) in [6, 6.07) is 7.09. The molecule has 2 bridgehead atoms. The van der Waals surface area contributed by atoms with Crippen LogP contribution < -0.4 is 4.90 Å². The van der Waals surface area contributed by atoms with E-state index in [1.54, 1.807) is 18.2 Å². The highest BCUT2D eigenvalue weighted by Crippen LogP contribution is 2.53. The molecule has 3 aliphatic rings. The van der Waals surface area contributed by atoms with Crippen molar-refractivity contribution < 1.29 is 9.59 Å². The van der Waals surface area contributed by atoms with Crippen molar-refractivity contribution in [3.63, 3.8) is 0 Å². The molecule has 0 spiro atoms. The van der Waals surface area contributed by atoms with Crippen molar-refractivity contribution in [1.29, 1.82) is 5.26 Å². The first-order valence-corrected chi connectivity index (χ1v) is 7.67. The van der Waals surface area contributed by atoms with Gasteiger partial charge in [-0.15, -0.1) is 0 Å². The van der Waals surface area contributed by atoms with Crippen molar-refractivity contribution in [2.75, 3.05) is 4.90 Å². The fourth-order valence-corrected chi connectivity index (χ4v) is 4.27. The molecular formula is C16H11BrN2O2. The van der Waals surface area contributed by atoms with Crippen LogP contribution >= 0.6 is 15.9 Å². The molecule has 2 fully saturated rings. The van der Waals surface area contributed by atoms with E-state index in [2.05, 4.69) is 34.2 Å². The zero-order valence-corrected chi connectivity index (χ0v) is 12.6. The smallest absolute Gasteiger partial charge is 0.238 e. The Morgan fingerprint density at radius 1 is 1.14 bits per heavy atom. The highest BCUT2D eigenvalue weighted by atomic mass is 79.9. The van der Waals surface area contributed by atoms with Gasteiger partial charge in [-0.2, -0.15) is 5.26 Å². The molecule has 4 atom stereocenters. The molecule has 5 heteroatoms. The van der Waals surface area contributed by atoms with Crippen molar-refractivity contribution in [2.45, 2.75) is 6.42 Å². The van der Waals surface area contributed by atoms with Crippen LogP contribution in [0.3, 0.4) is 0 Å². The number of halogens is 1. The maximum atomic E-state index is 12.7. The number of hydrogen-bond acceptors (Lipinski definition) is 3. The largest absolute Gasteiger partial charge is 0.274 e. The standard InChI is InChI=1S/C16H11BrN2O2/c17-11-4-3-10(7-18)12(6-11)19-15(20)13-8-1-2-9(5-8)14(13)16(19)21/h1-4,6,8-9,13-14H,5H2. The van der Waals surface area contributed by atoms with E-state index in [1.165, 1.54) is 4.90 Å². The maximum absolute atomic E-state index is 12.7. The van der Waals surface area contributed by atoms with Gasteiger partial charge in [0.15, 0.2) is 0 Å². The van der Waals surface area contributed by atoms with E-state index in [9.17, 15) is 14.9 Å². The lowest BCUT2D eigenvalue weighted by Crippen LogP contribution is -2.33. The summed E-state index contributed by atoms with van der Waals surface area (Å²) < 4.78 is 0.746. The summed E-state index contributed by atoms with van der Waals surface area (Å²) in [6.45, 7) is 0. The first-order valence-electron chi connectivity index (χ1n) is 6.87. The number of rotatable bonds is 1. The Labute approximate surface area is 130 Å². The van der Waals surface area contributed by atoms with Crippen LogP contribution in [0.1, 0.15) is 12.0 Å². The summed E-state index contributed by atoms with van der Waals surface area (Å²) in [4.78, 5) is 26.7. The highest BCUT2D eigenvalue weighted by Gasteiger charge is 2.59. The number of nitrogens with zero attached hydrogens (tertiary/aromatic N) is 2. The second-order valence-corrected chi connectivity index (χ2v) is 6.70. The molecule has 4 rings (SSSR count). The van der Waals surface area contributed by atoms with Crippen LogP contribution in [-0.2, 0) is 9.59 Å². The summed E-state index contributed by atoms with van der Waals surface area (Å²) in [6.07, 6.45) is 5.03. The molecule has 1 aromatic carbocycles. The summed E-state index contributed by atoms with van der Waals surface area (Å²) in [5.41, 5.74) is 0.746. The summed E-state index contributed by atoms with van der Waals surface area (Å²) in [5.74, 6) is -0.428. The molecule has 1 heterocycles. The monoisotopic (exact) mass is 342 g/mol. The molecule has 2 aliphatic carbocycles. The molecule has 21 heavy (non-hydrogen) atoms. The van der Waals surface area contributed by atoms with Gasteiger partial charge in [-0.05, 0) is 36.5 Å². The predicted octanol–water partition coefficient (Wildman–Crippen LogP) is 2.63. The quantitative estimate of drug-likeness (QED) is 0.582. The molecule has 1 aromatic rings. The summed E-state index contributed by atoms with van der Waals surface area (Å²) in [5, 5.41) is 9.23. The molecule has 1 aliphatic heterocycles. The molecular weight excluding hydrogens is 332 g/mol. The van der Waals surface area contributed by atoms with Crippen LogP contribution in [0.15, 0.2) is 34.8 Å². The molecule has 2 amide bonds. The predicted molar refractivity (Wildman–Crippen MR) is 79.1 cm³/mol. The Hall–Kier alpha value is -1.93. The highest BCUT2D eigenvalue weighted by molar-refractivity contribution is 9.10. The van der Waals surface area contributed by atoms with Crippen LogP contribution in [-0.4, -0.2) is 11.8 Å². The lowest BCUT2D eigenvalue weighted by atomic mass is 9.85. The first-order chi connectivity index (χ1) is 10.1. The van der Waals surface area contributed by atoms with Gasteiger partial charge in [-0.1, -0.05) is 28.1 Å². The number of imide groups is 1. The van der Waals surface area contributed by atoms with Crippen LogP contribution in [0, 0.1) is 35.0 Å². The number of hydrogen-bond donors (Lipinski definition) is 0. The maximum Gasteiger partial charge on any atom is 0.238 e. The first kappa shape index (κ1) is 12.8. The second kappa shape index (κ2) is 4.28. The van der Waals surface area contributed by atoms with Gasteiger partial charge in [-0.25, -0.2) is 4.90 Å². The van der Waals surface area contributed by atoms with Crippen LogP contribution in [0.4, 0.5) is 5.69 Å². The number of benzene rings is 1. The lowest BCUT2D eigenvalue weighted by Gasteiger charge is -2.18. The van der Waals surface area contributed by atoms with Gasteiger partial charge >= 0.3 is 0 Å².